The van der Waals surface area contributed by atoms with E-state index in [9.17, 15) is 0 Å². The lowest BCUT2D eigenvalue weighted by Gasteiger charge is -2.19. The molecule has 0 fully saturated rings. The zero-order valence-corrected chi connectivity index (χ0v) is 11.1. The minimum atomic E-state index is 0.158. The van der Waals surface area contributed by atoms with E-state index >= 15 is 0 Å². The van der Waals surface area contributed by atoms with Crippen molar-refractivity contribution in [3.8, 4) is 0 Å². The maximum atomic E-state index is 4.22. The quantitative estimate of drug-likeness (QED) is 0.906. The van der Waals surface area contributed by atoms with Crippen LogP contribution in [0.5, 0.6) is 0 Å². The normalized spacial score (nSPS) is 12.4. The number of nitrogens with zero attached hydrogens (tertiary/aromatic N) is 6. The average molecular weight is 298 g/mol. The predicted octanol–water partition coefficient (Wildman–Crippen LogP) is 0.992. The highest BCUT2D eigenvalue weighted by molar-refractivity contribution is 9.10. The van der Waals surface area contributed by atoms with E-state index in [1.165, 1.54) is 0 Å². The largest absolute Gasteiger partial charge is 0.343 e. The van der Waals surface area contributed by atoms with Crippen molar-refractivity contribution in [1.29, 1.82) is 0 Å². The lowest BCUT2D eigenvalue weighted by Crippen LogP contribution is -2.25. The molecule has 0 spiro atoms. The Morgan fingerprint density at radius 3 is 2.71 bits per heavy atom. The summed E-state index contributed by atoms with van der Waals surface area (Å²) in [6.45, 7) is 2.75. The van der Waals surface area contributed by atoms with Gasteiger partial charge in [-0.05, 0) is 15.9 Å². The second kappa shape index (κ2) is 5.17. The Morgan fingerprint density at radius 2 is 2.12 bits per heavy atom. The van der Waals surface area contributed by atoms with E-state index in [4.69, 9.17) is 0 Å². The number of tetrazole rings is 1. The zero-order chi connectivity index (χ0) is 12.3. The molecule has 0 aliphatic rings. The molecule has 2 rings (SSSR count). The van der Waals surface area contributed by atoms with E-state index in [0.717, 1.165) is 11.0 Å². The monoisotopic (exact) mass is 297 g/mol. The van der Waals surface area contributed by atoms with Gasteiger partial charge in [0.2, 0.25) is 5.95 Å². The Morgan fingerprint density at radius 1 is 1.41 bits per heavy atom. The molecule has 0 aromatic carbocycles. The molecule has 7 nitrogen and oxygen atoms in total. The summed E-state index contributed by atoms with van der Waals surface area (Å²) in [7, 11) is 1.93. The summed E-state index contributed by atoms with van der Waals surface area (Å²) < 4.78 is 0.862. The summed E-state index contributed by atoms with van der Waals surface area (Å²) in [6.07, 6.45) is 3.44. The first-order chi connectivity index (χ1) is 8.16. The van der Waals surface area contributed by atoms with Crippen LogP contribution in [0, 0.1) is 0 Å². The highest BCUT2D eigenvalue weighted by atomic mass is 79.9. The summed E-state index contributed by atoms with van der Waals surface area (Å²) >= 11 is 3.30. The standard InChI is InChI=1S/C9H12BrN7/c1-6(8-13-15-16-14-8)5-17(2)9-11-3-7(10)4-12-9/h3-4,6H,5H2,1-2H3,(H,13,14,15,16)/t6-/m0/s1. The number of halogens is 1. The fraction of sp³-hybridized carbons (Fsp3) is 0.444. The minimum absolute atomic E-state index is 0.158. The number of aromatic amines is 1. The molecule has 2 aromatic heterocycles. The number of hydrogen-bond donors (Lipinski definition) is 1. The second-order valence-electron chi connectivity index (χ2n) is 3.75. The van der Waals surface area contributed by atoms with E-state index < -0.39 is 0 Å². The molecule has 0 aliphatic carbocycles. The maximum Gasteiger partial charge on any atom is 0.225 e. The molecule has 1 N–H and O–H groups in total. The van der Waals surface area contributed by atoms with Crippen LogP contribution in [0.2, 0.25) is 0 Å². The van der Waals surface area contributed by atoms with Gasteiger partial charge in [-0.25, -0.2) is 9.97 Å². The van der Waals surface area contributed by atoms with Gasteiger partial charge in [-0.15, -0.1) is 10.2 Å². The molecule has 0 unspecified atom stereocenters. The third kappa shape index (κ3) is 2.96. The molecule has 2 heterocycles. The van der Waals surface area contributed by atoms with Gasteiger partial charge in [0.05, 0.1) is 4.47 Å². The molecule has 17 heavy (non-hydrogen) atoms. The fourth-order valence-electron chi connectivity index (χ4n) is 1.45. The van der Waals surface area contributed by atoms with Gasteiger partial charge in [-0.3, -0.25) is 0 Å². The smallest absolute Gasteiger partial charge is 0.225 e. The zero-order valence-electron chi connectivity index (χ0n) is 9.50. The number of aromatic nitrogens is 6. The van der Waals surface area contributed by atoms with Gasteiger partial charge in [0.25, 0.3) is 0 Å². The number of nitrogens with one attached hydrogen (secondary N) is 1. The van der Waals surface area contributed by atoms with Gasteiger partial charge < -0.3 is 4.90 Å². The maximum absolute atomic E-state index is 4.22. The minimum Gasteiger partial charge on any atom is -0.343 e. The summed E-state index contributed by atoms with van der Waals surface area (Å²) in [6, 6.07) is 0. The first-order valence-corrected chi connectivity index (χ1v) is 5.88. The van der Waals surface area contributed by atoms with E-state index in [0.29, 0.717) is 11.8 Å². The lowest BCUT2D eigenvalue weighted by atomic mass is 10.1. The van der Waals surface area contributed by atoms with Crippen molar-refractivity contribution >= 4 is 21.9 Å². The molecule has 0 bridgehead atoms. The van der Waals surface area contributed by atoms with Gasteiger partial charge in [0, 0.05) is 31.9 Å². The van der Waals surface area contributed by atoms with Crippen LogP contribution in [-0.4, -0.2) is 44.2 Å². The summed E-state index contributed by atoms with van der Waals surface area (Å²) in [5, 5.41) is 13.9. The summed E-state index contributed by atoms with van der Waals surface area (Å²) in [4.78, 5) is 10.4. The fourth-order valence-corrected chi connectivity index (χ4v) is 1.66. The number of likely N-dealkylation sites (N-methyl/N-ethyl adjacent to an activating group) is 1. The van der Waals surface area contributed by atoms with Crippen LogP contribution in [0.3, 0.4) is 0 Å². The van der Waals surface area contributed by atoms with E-state index in [-0.39, 0.29) is 5.92 Å². The SMILES string of the molecule is C[C@@H](CN(C)c1ncc(Br)cn1)c1nn[nH]n1. The molecular weight excluding hydrogens is 286 g/mol. The van der Waals surface area contributed by atoms with Crippen molar-refractivity contribution < 1.29 is 0 Å². The van der Waals surface area contributed by atoms with Crippen LogP contribution < -0.4 is 4.90 Å². The van der Waals surface area contributed by atoms with Gasteiger partial charge >= 0.3 is 0 Å². The molecule has 0 amide bonds. The first kappa shape index (κ1) is 11.9. The van der Waals surface area contributed by atoms with E-state index in [1.54, 1.807) is 12.4 Å². The molecule has 0 radical (unpaired) electrons. The molecular formula is C9H12BrN7. The van der Waals surface area contributed by atoms with Gasteiger partial charge in [-0.2, -0.15) is 5.21 Å². The van der Waals surface area contributed by atoms with E-state index in [2.05, 4.69) is 46.5 Å². The van der Waals surface area contributed by atoms with Gasteiger partial charge in [0.15, 0.2) is 5.82 Å². The third-order valence-corrected chi connectivity index (χ3v) is 2.71. The van der Waals surface area contributed by atoms with Crippen LogP contribution in [-0.2, 0) is 0 Å². The average Bonchev–Trinajstić information content (AvgIpc) is 2.83. The van der Waals surface area contributed by atoms with Crippen molar-refractivity contribution in [1.82, 2.24) is 30.6 Å². The van der Waals surface area contributed by atoms with Gasteiger partial charge in [-0.1, -0.05) is 12.1 Å². The topological polar surface area (TPSA) is 83.5 Å². The van der Waals surface area contributed by atoms with Crippen molar-refractivity contribution in [3.05, 3.63) is 22.7 Å². The van der Waals surface area contributed by atoms with Crippen molar-refractivity contribution in [2.24, 2.45) is 0 Å². The number of rotatable bonds is 4. The summed E-state index contributed by atoms with van der Waals surface area (Å²) in [5.74, 6) is 1.52. The molecule has 90 valence electrons. The Kier molecular flexibility index (Phi) is 3.62. The summed E-state index contributed by atoms with van der Waals surface area (Å²) in [5.41, 5.74) is 0. The second-order valence-corrected chi connectivity index (χ2v) is 4.67. The van der Waals surface area contributed by atoms with Crippen LogP contribution >= 0.6 is 15.9 Å². The first-order valence-electron chi connectivity index (χ1n) is 5.09. The highest BCUT2D eigenvalue weighted by Gasteiger charge is 2.14. The molecule has 2 aromatic rings. The van der Waals surface area contributed by atoms with Crippen LogP contribution in [0.4, 0.5) is 5.95 Å². The van der Waals surface area contributed by atoms with Crippen LogP contribution in [0.25, 0.3) is 0 Å². The van der Waals surface area contributed by atoms with Crippen molar-refractivity contribution in [2.75, 3.05) is 18.5 Å². The third-order valence-electron chi connectivity index (χ3n) is 2.30. The number of anilines is 1. The molecule has 8 heteroatoms. The van der Waals surface area contributed by atoms with Crippen molar-refractivity contribution in [2.45, 2.75) is 12.8 Å². The van der Waals surface area contributed by atoms with Crippen LogP contribution in [0.1, 0.15) is 18.7 Å². The van der Waals surface area contributed by atoms with E-state index in [1.807, 2.05) is 18.9 Å². The Balaban J connectivity index is 2.01. The Labute approximate surface area is 107 Å². The number of H-pyrrole nitrogens is 1. The Hall–Kier alpha value is -1.57. The molecule has 0 aliphatic heterocycles. The molecule has 0 saturated heterocycles. The highest BCUT2D eigenvalue weighted by Crippen LogP contribution is 2.14. The van der Waals surface area contributed by atoms with Crippen molar-refractivity contribution in [3.63, 3.8) is 0 Å². The van der Waals surface area contributed by atoms with Crippen LogP contribution in [0.15, 0.2) is 16.9 Å². The Bertz CT molecular complexity index is 455. The van der Waals surface area contributed by atoms with Gasteiger partial charge in [0.1, 0.15) is 0 Å². The molecule has 0 saturated carbocycles. The number of hydrogen-bond acceptors (Lipinski definition) is 6. The lowest BCUT2D eigenvalue weighted by molar-refractivity contribution is 0.676. The predicted molar refractivity (Wildman–Crippen MR) is 65.6 cm³/mol. The molecule has 1 atom stereocenters.